The molecule has 0 saturated heterocycles. The predicted octanol–water partition coefficient (Wildman–Crippen LogP) is 5.30. The fourth-order valence-corrected chi connectivity index (χ4v) is 3.33. The maximum atomic E-state index is 11.6. The molecule has 3 aromatic carbocycles. The number of fused-ring (bicyclic) bond motifs is 2. The van der Waals surface area contributed by atoms with Gasteiger partial charge in [0.25, 0.3) is 0 Å². The highest BCUT2D eigenvalue weighted by molar-refractivity contribution is 6.11. The lowest BCUT2D eigenvalue weighted by Gasteiger charge is -2.18. The normalized spacial score (nSPS) is 10.6. The van der Waals surface area contributed by atoms with Crippen molar-refractivity contribution in [1.82, 2.24) is 0 Å². The third-order valence-electron chi connectivity index (χ3n) is 4.90. The third-order valence-corrected chi connectivity index (χ3v) is 4.90. The number of hydrogen-bond donors (Lipinski definition) is 0. The van der Waals surface area contributed by atoms with E-state index in [1.54, 1.807) is 13.8 Å². The summed E-state index contributed by atoms with van der Waals surface area (Å²) in [6, 6.07) is 13.8. The van der Waals surface area contributed by atoms with Crippen molar-refractivity contribution in [1.29, 1.82) is 0 Å². The standard InChI is InChI=1S/C27H28O6/c1-17(2)26(28)32-14-12-30-24-20-8-6-7-9-21(20)25(23-16-19(5)10-11-22(23)24)31-13-15-33-27(29)18(3)4/h6-11,16H,1,3,12-15H2,2,4-5H3. The number of rotatable bonds is 10. The summed E-state index contributed by atoms with van der Waals surface area (Å²) in [6.07, 6.45) is 0. The number of hydrogen-bond acceptors (Lipinski definition) is 6. The van der Waals surface area contributed by atoms with Crippen molar-refractivity contribution in [3.05, 3.63) is 72.3 Å². The summed E-state index contributed by atoms with van der Waals surface area (Å²) in [6.45, 7) is 13.0. The molecule has 0 amide bonds. The van der Waals surface area contributed by atoms with Crippen molar-refractivity contribution in [2.24, 2.45) is 0 Å². The molecule has 0 heterocycles. The highest BCUT2D eigenvalue weighted by Gasteiger charge is 2.17. The molecule has 0 bridgehead atoms. The van der Waals surface area contributed by atoms with Crippen molar-refractivity contribution in [3.63, 3.8) is 0 Å². The average molecular weight is 449 g/mol. The molecule has 3 rings (SSSR count). The summed E-state index contributed by atoms with van der Waals surface area (Å²) in [7, 11) is 0. The summed E-state index contributed by atoms with van der Waals surface area (Å²) in [5, 5.41) is 3.50. The van der Waals surface area contributed by atoms with E-state index in [1.165, 1.54) is 0 Å². The first-order valence-corrected chi connectivity index (χ1v) is 10.7. The minimum atomic E-state index is -0.444. The molecule has 0 atom stereocenters. The van der Waals surface area contributed by atoms with Crippen LogP contribution in [0.25, 0.3) is 21.5 Å². The lowest BCUT2D eigenvalue weighted by atomic mass is 9.99. The maximum absolute atomic E-state index is 11.6. The zero-order chi connectivity index (χ0) is 24.0. The first kappa shape index (κ1) is 23.9. The van der Waals surface area contributed by atoms with Crippen molar-refractivity contribution in [2.75, 3.05) is 26.4 Å². The zero-order valence-electron chi connectivity index (χ0n) is 19.2. The number of carbonyl (C=O) groups excluding carboxylic acids is 2. The van der Waals surface area contributed by atoms with Crippen LogP contribution in [0.4, 0.5) is 0 Å². The molecular formula is C27H28O6. The van der Waals surface area contributed by atoms with Crippen molar-refractivity contribution < 1.29 is 28.5 Å². The maximum Gasteiger partial charge on any atom is 0.333 e. The van der Waals surface area contributed by atoms with Crippen LogP contribution in [0.5, 0.6) is 11.5 Å². The lowest BCUT2D eigenvalue weighted by molar-refractivity contribution is -0.140. The first-order chi connectivity index (χ1) is 15.8. The zero-order valence-corrected chi connectivity index (χ0v) is 19.2. The molecule has 172 valence electrons. The summed E-state index contributed by atoms with van der Waals surface area (Å²) < 4.78 is 22.5. The third kappa shape index (κ3) is 5.71. The van der Waals surface area contributed by atoms with Gasteiger partial charge in [-0.3, -0.25) is 0 Å². The van der Waals surface area contributed by atoms with Gasteiger partial charge in [-0.2, -0.15) is 0 Å². The Morgan fingerprint density at radius 1 is 0.697 bits per heavy atom. The Morgan fingerprint density at radius 3 is 1.64 bits per heavy atom. The Balaban J connectivity index is 1.92. The van der Waals surface area contributed by atoms with E-state index in [-0.39, 0.29) is 26.4 Å². The smallest absolute Gasteiger partial charge is 0.333 e. The summed E-state index contributed by atoms with van der Waals surface area (Å²) in [5.41, 5.74) is 1.76. The Labute approximate surface area is 193 Å². The Morgan fingerprint density at radius 2 is 1.15 bits per heavy atom. The largest absolute Gasteiger partial charge is 0.489 e. The summed E-state index contributed by atoms with van der Waals surface area (Å²) in [5.74, 6) is 0.491. The predicted molar refractivity (Wildman–Crippen MR) is 129 cm³/mol. The molecule has 6 nitrogen and oxygen atoms in total. The first-order valence-electron chi connectivity index (χ1n) is 10.7. The van der Waals surface area contributed by atoms with Crippen molar-refractivity contribution in [3.8, 4) is 11.5 Å². The monoisotopic (exact) mass is 448 g/mol. The van der Waals surface area contributed by atoms with E-state index < -0.39 is 11.9 Å². The molecule has 0 spiro atoms. The van der Waals surface area contributed by atoms with Gasteiger partial charge in [0, 0.05) is 32.7 Å². The van der Waals surface area contributed by atoms with Gasteiger partial charge in [-0.15, -0.1) is 0 Å². The fraction of sp³-hybridized carbons (Fsp3) is 0.259. The minimum absolute atomic E-state index is 0.111. The van der Waals surface area contributed by atoms with Crippen LogP contribution >= 0.6 is 0 Å². The fourth-order valence-electron chi connectivity index (χ4n) is 3.33. The van der Waals surface area contributed by atoms with Crippen LogP contribution in [0, 0.1) is 6.92 Å². The van der Waals surface area contributed by atoms with E-state index in [2.05, 4.69) is 13.2 Å². The molecule has 0 aliphatic heterocycles. The molecule has 0 aliphatic carbocycles. The molecule has 0 radical (unpaired) electrons. The second-order valence-electron chi connectivity index (χ2n) is 7.78. The van der Waals surface area contributed by atoms with E-state index in [0.717, 1.165) is 27.1 Å². The Kier molecular flexibility index (Phi) is 7.72. The van der Waals surface area contributed by atoms with Crippen LogP contribution in [-0.2, 0) is 19.1 Å². The number of esters is 2. The molecule has 33 heavy (non-hydrogen) atoms. The number of carbonyl (C=O) groups is 2. The Hall–Kier alpha value is -3.80. The number of benzene rings is 3. The van der Waals surface area contributed by atoms with Gasteiger partial charge in [0.1, 0.15) is 37.9 Å². The quantitative estimate of drug-likeness (QED) is 0.181. The van der Waals surface area contributed by atoms with Crippen LogP contribution in [-0.4, -0.2) is 38.4 Å². The molecule has 0 saturated carbocycles. The van der Waals surface area contributed by atoms with Crippen LogP contribution in [0.3, 0.4) is 0 Å². The van der Waals surface area contributed by atoms with Crippen LogP contribution in [0.2, 0.25) is 0 Å². The molecule has 0 aliphatic rings. The highest BCUT2D eigenvalue weighted by atomic mass is 16.6. The Bertz CT molecular complexity index is 1220. The average Bonchev–Trinajstić information content (AvgIpc) is 2.79. The van der Waals surface area contributed by atoms with Gasteiger partial charge in [0.2, 0.25) is 0 Å². The molecular weight excluding hydrogens is 420 g/mol. The van der Waals surface area contributed by atoms with E-state index in [4.69, 9.17) is 18.9 Å². The molecule has 6 heteroatoms. The summed E-state index contributed by atoms with van der Waals surface area (Å²) in [4.78, 5) is 23.3. The van der Waals surface area contributed by atoms with Crippen LogP contribution in [0.1, 0.15) is 19.4 Å². The van der Waals surface area contributed by atoms with Crippen LogP contribution < -0.4 is 9.47 Å². The molecule has 0 aromatic heterocycles. The van der Waals surface area contributed by atoms with Crippen molar-refractivity contribution >= 4 is 33.5 Å². The SMILES string of the molecule is C=C(C)C(=O)OCCOc1c2ccccc2c(OCCOC(=O)C(=C)C)c2cc(C)ccc12. The van der Waals surface area contributed by atoms with Gasteiger partial charge in [-0.05, 0) is 26.8 Å². The van der Waals surface area contributed by atoms with Gasteiger partial charge in [-0.25, -0.2) is 9.59 Å². The topological polar surface area (TPSA) is 71.1 Å². The van der Waals surface area contributed by atoms with E-state index in [9.17, 15) is 9.59 Å². The van der Waals surface area contributed by atoms with Gasteiger partial charge < -0.3 is 18.9 Å². The van der Waals surface area contributed by atoms with Crippen molar-refractivity contribution in [2.45, 2.75) is 20.8 Å². The van der Waals surface area contributed by atoms with Gasteiger partial charge in [0.05, 0.1) is 0 Å². The summed E-state index contributed by atoms with van der Waals surface area (Å²) >= 11 is 0. The minimum Gasteiger partial charge on any atom is -0.489 e. The number of ether oxygens (including phenoxy) is 4. The van der Waals surface area contributed by atoms with Crippen LogP contribution in [0.15, 0.2) is 66.8 Å². The molecule has 0 unspecified atom stereocenters. The van der Waals surface area contributed by atoms with Gasteiger partial charge in [0.15, 0.2) is 0 Å². The molecule has 3 aromatic rings. The highest BCUT2D eigenvalue weighted by Crippen LogP contribution is 2.43. The van der Waals surface area contributed by atoms with E-state index in [1.807, 2.05) is 49.4 Å². The molecule has 0 fully saturated rings. The lowest BCUT2D eigenvalue weighted by Crippen LogP contribution is -2.13. The van der Waals surface area contributed by atoms with Gasteiger partial charge >= 0.3 is 11.9 Å². The second-order valence-corrected chi connectivity index (χ2v) is 7.78. The van der Waals surface area contributed by atoms with E-state index in [0.29, 0.717) is 22.6 Å². The van der Waals surface area contributed by atoms with E-state index >= 15 is 0 Å². The van der Waals surface area contributed by atoms with Gasteiger partial charge in [-0.1, -0.05) is 55.1 Å². The second kappa shape index (κ2) is 10.7. The number of aryl methyl sites for hydroxylation is 1. The molecule has 0 N–H and O–H groups in total.